The van der Waals surface area contributed by atoms with Crippen molar-refractivity contribution in [2.24, 2.45) is 0 Å². The minimum atomic E-state index is -1.06. The topological polar surface area (TPSA) is 93.3 Å². The van der Waals surface area contributed by atoms with Gasteiger partial charge in [0.2, 0.25) is 5.91 Å². The molecule has 1 aliphatic rings. The summed E-state index contributed by atoms with van der Waals surface area (Å²) in [6.45, 7) is 3.51. The first-order valence-corrected chi connectivity index (χ1v) is 9.24. The van der Waals surface area contributed by atoms with E-state index in [1.165, 1.54) is 0 Å². The fourth-order valence-electron chi connectivity index (χ4n) is 3.67. The van der Waals surface area contributed by atoms with Crippen molar-refractivity contribution in [1.82, 2.24) is 24.2 Å². The Balaban J connectivity index is 1.55. The highest BCUT2D eigenvalue weighted by atomic mass is 16.4. The van der Waals surface area contributed by atoms with Crippen molar-refractivity contribution >= 4 is 11.9 Å². The monoisotopic (exact) mass is 379 g/mol. The van der Waals surface area contributed by atoms with Crippen LogP contribution < -0.4 is 0 Å². The van der Waals surface area contributed by atoms with Crippen LogP contribution in [-0.2, 0) is 30.8 Å². The SMILES string of the molecule is CCn1nc(C(=O)O)c2c1CCN(C(=O)Cn1ccnc1-c1ccccc1)C2. The van der Waals surface area contributed by atoms with Gasteiger partial charge in [-0.05, 0) is 6.92 Å². The van der Waals surface area contributed by atoms with E-state index in [4.69, 9.17) is 0 Å². The van der Waals surface area contributed by atoms with Crippen LogP contribution in [0.25, 0.3) is 11.4 Å². The summed E-state index contributed by atoms with van der Waals surface area (Å²) >= 11 is 0. The number of nitrogens with zero attached hydrogens (tertiary/aromatic N) is 5. The number of hydrogen-bond acceptors (Lipinski definition) is 4. The van der Waals surface area contributed by atoms with Gasteiger partial charge >= 0.3 is 5.97 Å². The summed E-state index contributed by atoms with van der Waals surface area (Å²) in [4.78, 5) is 30.5. The lowest BCUT2D eigenvalue weighted by Crippen LogP contribution is -2.38. The maximum Gasteiger partial charge on any atom is 0.356 e. The molecule has 0 radical (unpaired) electrons. The molecule has 0 bridgehead atoms. The molecule has 3 heterocycles. The average Bonchev–Trinajstić information content (AvgIpc) is 3.32. The van der Waals surface area contributed by atoms with E-state index in [2.05, 4.69) is 10.1 Å². The Morgan fingerprint density at radius 2 is 2.00 bits per heavy atom. The lowest BCUT2D eigenvalue weighted by Gasteiger charge is -2.28. The molecule has 0 fully saturated rings. The molecule has 2 aromatic heterocycles. The van der Waals surface area contributed by atoms with Crippen molar-refractivity contribution in [2.75, 3.05) is 6.54 Å². The molecule has 1 aliphatic heterocycles. The number of carbonyl (C=O) groups is 2. The van der Waals surface area contributed by atoms with E-state index >= 15 is 0 Å². The largest absolute Gasteiger partial charge is 0.476 e. The van der Waals surface area contributed by atoms with Crippen LogP contribution in [0.3, 0.4) is 0 Å². The summed E-state index contributed by atoms with van der Waals surface area (Å²) in [6.07, 6.45) is 4.07. The Hall–Kier alpha value is -3.42. The zero-order valence-electron chi connectivity index (χ0n) is 15.6. The van der Waals surface area contributed by atoms with E-state index in [-0.39, 0.29) is 24.7 Å². The maximum atomic E-state index is 12.9. The second kappa shape index (κ2) is 7.30. The minimum absolute atomic E-state index is 0.0435. The van der Waals surface area contributed by atoms with Gasteiger partial charge in [0, 0.05) is 55.3 Å². The summed E-state index contributed by atoms with van der Waals surface area (Å²) in [7, 11) is 0. The fourth-order valence-corrected chi connectivity index (χ4v) is 3.67. The van der Waals surface area contributed by atoms with Crippen molar-refractivity contribution in [3.8, 4) is 11.4 Å². The van der Waals surface area contributed by atoms with Gasteiger partial charge in [-0.3, -0.25) is 9.48 Å². The van der Waals surface area contributed by atoms with Crippen LogP contribution >= 0.6 is 0 Å². The number of amides is 1. The summed E-state index contributed by atoms with van der Waals surface area (Å²) in [5.41, 5.74) is 2.54. The third-order valence-corrected chi connectivity index (χ3v) is 5.04. The van der Waals surface area contributed by atoms with Crippen LogP contribution in [-0.4, -0.2) is 47.8 Å². The predicted molar refractivity (Wildman–Crippen MR) is 102 cm³/mol. The van der Waals surface area contributed by atoms with Crippen LogP contribution in [0.4, 0.5) is 0 Å². The molecule has 1 aromatic carbocycles. The first-order chi connectivity index (χ1) is 13.6. The molecule has 144 valence electrons. The molecule has 1 amide bonds. The normalized spacial score (nSPS) is 13.4. The quantitative estimate of drug-likeness (QED) is 0.732. The van der Waals surface area contributed by atoms with Crippen LogP contribution in [0.5, 0.6) is 0 Å². The highest BCUT2D eigenvalue weighted by Crippen LogP contribution is 2.24. The summed E-state index contributed by atoms with van der Waals surface area (Å²) in [6, 6.07) is 9.70. The van der Waals surface area contributed by atoms with E-state index in [9.17, 15) is 14.7 Å². The number of aromatic nitrogens is 4. The molecule has 0 unspecified atom stereocenters. The number of fused-ring (bicyclic) bond motifs is 1. The molecule has 3 aromatic rings. The van der Waals surface area contributed by atoms with Gasteiger partial charge in [0.25, 0.3) is 0 Å². The molecule has 8 nitrogen and oxygen atoms in total. The van der Waals surface area contributed by atoms with Gasteiger partial charge < -0.3 is 14.6 Å². The van der Waals surface area contributed by atoms with Crippen molar-refractivity contribution in [3.63, 3.8) is 0 Å². The van der Waals surface area contributed by atoms with E-state index in [0.29, 0.717) is 25.1 Å². The van der Waals surface area contributed by atoms with Gasteiger partial charge in [0.1, 0.15) is 12.4 Å². The summed E-state index contributed by atoms with van der Waals surface area (Å²) < 4.78 is 3.55. The average molecular weight is 379 g/mol. The zero-order valence-corrected chi connectivity index (χ0v) is 15.6. The zero-order chi connectivity index (χ0) is 19.7. The molecule has 0 saturated heterocycles. The van der Waals surface area contributed by atoms with Crippen molar-refractivity contribution < 1.29 is 14.7 Å². The lowest BCUT2D eigenvalue weighted by atomic mass is 10.0. The van der Waals surface area contributed by atoms with Gasteiger partial charge in [0.15, 0.2) is 5.69 Å². The lowest BCUT2D eigenvalue weighted by molar-refractivity contribution is -0.132. The second-order valence-corrected chi connectivity index (χ2v) is 6.70. The third kappa shape index (κ3) is 3.17. The number of aryl methyl sites for hydroxylation is 1. The third-order valence-electron chi connectivity index (χ3n) is 5.04. The molecule has 0 aliphatic carbocycles. The van der Waals surface area contributed by atoms with Crippen molar-refractivity contribution in [3.05, 3.63) is 59.7 Å². The van der Waals surface area contributed by atoms with E-state index in [1.807, 2.05) is 41.8 Å². The molecular formula is C20H21N5O3. The molecule has 0 spiro atoms. The Morgan fingerprint density at radius 1 is 1.21 bits per heavy atom. The summed E-state index contributed by atoms with van der Waals surface area (Å²) in [5.74, 6) is -0.392. The van der Waals surface area contributed by atoms with Crippen molar-refractivity contribution in [2.45, 2.75) is 33.0 Å². The number of imidazole rings is 1. The van der Waals surface area contributed by atoms with Crippen LogP contribution in [0, 0.1) is 0 Å². The van der Waals surface area contributed by atoms with Gasteiger partial charge in [-0.15, -0.1) is 0 Å². The van der Waals surface area contributed by atoms with E-state index in [1.54, 1.807) is 22.0 Å². The Morgan fingerprint density at radius 3 is 2.71 bits per heavy atom. The number of carboxylic acids is 1. The van der Waals surface area contributed by atoms with Gasteiger partial charge in [-0.25, -0.2) is 9.78 Å². The van der Waals surface area contributed by atoms with Gasteiger partial charge in [-0.1, -0.05) is 30.3 Å². The van der Waals surface area contributed by atoms with E-state index in [0.717, 1.165) is 17.1 Å². The smallest absolute Gasteiger partial charge is 0.356 e. The van der Waals surface area contributed by atoms with Crippen molar-refractivity contribution in [1.29, 1.82) is 0 Å². The highest BCUT2D eigenvalue weighted by Gasteiger charge is 2.29. The maximum absolute atomic E-state index is 12.9. The molecule has 28 heavy (non-hydrogen) atoms. The Labute approximate surface area is 162 Å². The predicted octanol–water partition coefficient (Wildman–Crippen LogP) is 2.05. The molecular weight excluding hydrogens is 358 g/mol. The highest BCUT2D eigenvalue weighted by molar-refractivity contribution is 5.88. The molecule has 0 saturated carbocycles. The number of carboxylic acid groups (broad SMARTS) is 1. The number of carbonyl (C=O) groups excluding carboxylic acids is 1. The number of benzene rings is 1. The minimum Gasteiger partial charge on any atom is -0.476 e. The van der Waals surface area contributed by atoms with Crippen LogP contribution in [0.2, 0.25) is 0 Å². The number of aromatic carboxylic acids is 1. The number of rotatable bonds is 5. The van der Waals surface area contributed by atoms with Crippen LogP contribution in [0.1, 0.15) is 28.7 Å². The molecule has 1 N–H and O–H groups in total. The van der Waals surface area contributed by atoms with Gasteiger partial charge in [-0.2, -0.15) is 5.10 Å². The second-order valence-electron chi connectivity index (χ2n) is 6.70. The standard InChI is InChI=1S/C20H21N5O3/c1-2-25-16-8-10-23(12-15(16)18(22-25)20(27)28)17(26)13-24-11-9-21-19(24)14-6-4-3-5-7-14/h3-7,9,11H,2,8,10,12-13H2,1H3,(H,27,28). The summed E-state index contributed by atoms with van der Waals surface area (Å²) in [5, 5.41) is 13.6. The first kappa shape index (κ1) is 18.0. The first-order valence-electron chi connectivity index (χ1n) is 9.24. The van der Waals surface area contributed by atoms with Crippen LogP contribution in [0.15, 0.2) is 42.7 Å². The Kier molecular flexibility index (Phi) is 4.68. The van der Waals surface area contributed by atoms with E-state index < -0.39 is 5.97 Å². The number of hydrogen-bond donors (Lipinski definition) is 1. The molecule has 0 atom stereocenters. The fraction of sp³-hybridized carbons (Fsp3) is 0.300. The molecule has 8 heteroatoms. The Bertz CT molecular complexity index is 1020. The van der Waals surface area contributed by atoms with Gasteiger partial charge in [0.05, 0.1) is 0 Å². The molecule has 4 rings (SSSR count).